The molecule has 9 heteroatoms. The molecule has 0 aliphatic rings. The lowest BCUT2D eigenvalue weighted by Crippen LogP contribution is -2.12. The van der Waals surface area contributed by atoms with Crippen molar-refractivity contribution in [2.75, 3.05) is 6.61 Å². The predicted octanol–water partition coefficient (Wildman–Crippen LogP) is 0.582. The Labute approximate surface area is 123 Å². The summed E-state index contributed by atoms with van der Waals surface area (Å²) in [6.45, 7) is 2.77. The van der Waals surface area contributed by atoms with Crippen LogP contribution in [0.2, 0.25) is 0 Å². The van der Waals surface area contributed by atoms with Crippen LogP contribution in [0.15, 0.2) is 26.8 Å². The highest BCUT2D eigenvalue weighted by Crippen LogP contribution is 2.26. The Morgan fingerprint density at radius 2 is 2.19 bits per heavy atom. The molecule has 8 nitrogen and oxygen atoms in total. The number of aliphatic hydroxyl groups excluding tert-OH is 2. The largest absolute Gasteiger partial charge is 0.511 e. The molecule has 3 N–H and O–H groups in total. The van der Waals surface area contributed by atoms with Gasteiger partial charge in [0.2, 0.25) is 0 Å². The zero-order valence-corrected chi connectivity index (χ0v) is 12.3. The average Bonchev–Trinajstić information content (AvgIpc) is 2.80. The molecule has 0 aliphatic carbocycles. The fourth-order valence-corrected chi connectivity index (χ4v) is 2.51. The number of hydrogen-bond acceptors (Lipinski definition) is 7. The molecule has 0 amide bonds. The Balaban J connectivity index is 2.51. The second-order valence-corrected chi connectivity index (χ2v) is 5.27. The number of thioether (sulfide) groups is 1. The van der Waals surface area contributed by atoms with Crippen LogP contribution in [-0.4, -0.2) is 42.4 Å². The first kappa shape index (κ1) is 15.3. The molecule has 112 valence electrons. The standard InChI is InChI=1S/C12H14N4O4S/c1-6(18)9(7(2)19)21-12-14-10-8(11(20)15-12)5-13-16(10)3-4-17/h5,17-18H,3-4H2,1-2H3,(H,14,15,20)/b9-6-. The van der Waals surface area contributed by atoms with Gasteiger partial charge in [-0.25, -0.2) is 9.67 Å². The van der Waals surface area contributed by atoms with E-state index in [4.69, 9.17) is 5.11 Å². The Hall–Kier alpha value is -2.13. The van der Waals surface area contributed by atoms with Crippen LogP contribution in [0.25, 0.3) is 11.0 Å². The van der Waals surface area contributed by atoms with Gasteiger partial charge in [-0.05, 0) is 25.6 Å². The van der Waals surface area contributed by atoms with Crippen molar-refractivity contribution in [3.05, 3.63) is 27.2 Å². The van der Waals surface area contributed by atoms with E-state index < -0.39 is 5.56 Å². The SMILES string of the molecule is CC(=O)/C(Sc1nc2c(cnn2CCO)c(=O)[nH]1)=C(\C)O. The molecule has 2 aromatic heterocycles. The van der Waals surface area contributed by atoms with Crippen LogP contribution in [-0.2, 0) is 11.3 Å². The molecule has 21 heavy (non-hydrogen) atoms. The third kappa shape index (κ3) is 3.14. The molecule has 0 saturated carbocycles. The van der Waals surface area contributed by atoms with Crippen molar-refractivity contribution in [1.82, 2.24) is 19.7 Å². The smallest absolute Gasteiger partial charge is 0.262 e. The van der Waals surface area contributed by atoms with Gasteiger partial charge in [0, 0.05) is 0 Å². The number of fused-ring (bicyclic) bond motifs is 1. The van der Waals surface area contributed by atoms with E-state index in [-0.39, 0.29) is 34.8 Å². The lowest BCUT2D eigenvalue weighted by atomic mass is 10.4. The zero-order chi connectivity index (χ0) is 15.6. The van der Waals surface area contributed by atoms with Crippen molar-refractivity contribution >= 4 is 28.6 Å². The number of carbonyl (C=O) groups is 1. The molecule has 0 aliphatic heterocycles. The number of carbonyl (C=O) groups excluding carboxylic acids is 1. The van der Waals surface area contributed by atoms with Crippen molar-refractivity contribution in [2.24, 2.45) is 0 Å². The Bertz CT molecular complexity index is 773. The first-order valence-corrected chi connectivity index (χ1v) is 6.91. The lowest BCUT2D eigenvalue weighted by molar-refractivity contribution is -0.113. The van der Waals surface area contributed by atoms with Gasteiger partial charge in [-0.2, -0.15) is 5.10 Å². The summed E-state index contributed by atoms with van der Waals surface area (Å²) in [5, 5.41) is 22.9. The van der Waals surface area contributed by atoms with Gasteiger partial charge in [-0.15, -0.1) is 0 Å². The van der Waals surface area contributed by atoms with Crippen LogP contribution < -0.4 is 5.56 Å². The number of H-pyrrole nitrogens is 1. The quantitative estimate of drug-likeness (QED) is 0.320. The Kier molecular flexibility index (Phi) is 4.43. The summed E-state index contributed by atoms with van der Waals surface area (Å²) in [5.74, 6) is -0.467. The molecular formula is C12H14N4O4S. The van der Waals surface area contributed by atoms with E-state index in [0.717, 1.165) is 11.8 Å². The van der Waals surface area contributed by atoms with Crippen LogP contribution in [0, 0.1) is 0 Å². The first-order valence-electron chi connectivity index (χ1n) is 6.09. The predicted molar refractivity (Wildman–Crippen MR) is 77.1 cm³/mol. The molecule has 2 rings (SSSR count). The summed E-state index contributed by atoms with van der Waals surface area (Å²) in [5.41, 5.74) is -0.0843. The van der Waals surface area contributed by atoms with Gasteiger partial charge in [-0.1, -0.05) is 0 Å². The second kappa shape index (κ2) is 6.10. The minimum absolute atomic E-state index is 0.103. The summed E-state index contributed by atoms with van der Waals surface area (Å²) in [4.78, 5) is 30.2. The maximum Gasteiger partial charge on any atom is 0.262 e. The molecule has 0 fully saturated rings. The molecule has 0 spiro atoms. The molecule has 0 radical (unpaired) electrons. The highest BCUT2D eigenvalue weighted by Gasteiger charge is 2.15. The van der Waals surface area contributed by atoms with Crippen molar-refractivity contribution in [2.45, 2.75) is 25.5 Å². The van der Waals surface area contributed by atoms with E-state index in [9.17, 15) is 14.7 Å². The van der Waals surface area contributed by atoms with E-state index in [0.29, 0.717) is 11.0 Å². The lowest BCUT2D eigenvalue weighted by Gasteiger charge is -2.05. The number of Topliss-reactive ketones (excluding diaryl/α,β-unsaturated/α-hetero) is 1. The second-order valence-electron chi connectivity index (χ2n) is 4.27. The number of nitrogens with one attached hydrogen (secondary N) is 1. The Morgan fingerprint density at radius 3 is 2.76 bits per heavy atom. The fraction of sp³-hybridized carbons (Fsp3) is 0.333. The third-order valence-corrected chi connectivity index (χ3v) is 3.82. The summed E-state index contributed by atoms with van der Waals surface area (Å²) in [7, 11) is 0. The molecule has 0 atom stereocenters. The fourth-order valence-electron chi connectivity index (χ4n) is 1.75. The number of ketones is 1. The van der Waals surface area contributed by atoms with Gasteiger partial charge in [0.15, 0.2) is 16.6 Å². The molecule has 0 aromatic carbocycles. The van der Waals surface area contributed by atoms with E-state index >= 15 is 0 Å². The van der Waals surface area contributed by atoms with E-state index in [1.54, 1.807) is 0 Å². The summed E-state index contributed by atoms with van der Waals surface area (Å²) in [6, 6.07) is 0. The number of hydrogen-bond donors (Lipinski definition) is 3. The van der Waals surface area contributed by atoms with E-state index in [1.165, 1.54) is 24.7 Å². The number of rotatable bonds is 5. The summed E-state index contributed by atoms with van der Waals surface area (Å²) in [6.07, 6.45) is 1.37. The molecule has 0 saturated heterocycles. The van der Waals surface area contributed by atoms with Gasteiger partial charge in [0.25, 0.3) is 5.56 Å². The van der Waals surface area contributed by atoms with Crippen LogP contribution >= 0.6 is 11.8 Å². The number of aliphatic hydroxyl groups is 2. The van der Waals surface area contributed by atoms with Gasteiger partial charge in [0.05, 0.1) is 24.3 Å². The van der Waals surface area contributed by atoms with Gasteiger partial charge < -0.3 is 15.2 Å². The molecule has 0 bridgehead atoms. The summed E-state index contributed by atoms with van der Waals surface area (Å²) >= 11 is 0.874. The number of aromatic amines is 1. The van der Waals surface area contributed by atoms with Crippen LogP contribution in [0.3, 0.4) is 0 Å². The van der Waals surface area contributed by atoms with Crippen LogP contribution in [0.1, 0.15) is 13.8 Å². The monoisotopic (exact) mass is 310 g/mol. The first-order chi connectivity index (χ1) is 9.93. The van der Waals surface area contributed by atoms with Gasteiger partial charge in [0.1, 0.15) is 11.1 Å². The van der Waals surface area contributed by atoms with Gasteiger partial charge in [-0.3, -0.25) is 9.59 Å². The van der Waals surface area contributed by atoms with Crippen molar-refractivity contribution in [1.29, 1.82) is 0 Å². The van der Waals surface area contributed by atoms with Crippen molar-refractivity contribution in [3.8, 4) is 0 Å². The highest BCUT2D eigenvalue weighted by atomic mass is 32.2. The van der Waals surface area contributed by atoms with Gasteiger partial charge >= 0.3 is 0 Å². The van der Waals surface area contributed by atoms with Crippen LogP contribution in [0.5, 0.6) is 0 Å². The molecule has 0 unspecified atom stereocenters. The molecular weight excluding hydrogens is 296 g/mol. The van der Waals surface area contributed by atoms with Crippen molar-refractivity contribution in [3.63, 3.8) is 0 Å². The van der Waals surface area contributed by atoms with E-state index in [1.807, 2.05) is 0 Å². The minimum atomic E-state index is -0.398. The highest BCUT2D eigenvalue weighted by molar-refractivity contribution is 8.03. The number of aromatic nitrogens is 4. The topological polar surface area (TPSA) is 121 Å². The maximum atomic E-state index is 12.0. The number of allylic oxidation sites excluding steroid dienone is 2. The van der Waals surface area contributed by atoms with E-state index in [2.05, 4.69) is 15.1 Å². The summed E-state index contributed by atoms with van der Waals surface area (Å²) < 4.78 is 1.40. The third-order valence-electron chi connectivity index (χ3n) is 2.64. The minimum Gasteiger partial charge on any atom is -0.511 e. The van der Waals surface area contributed by atoms with Crippen molar-refractivity contribution < 1.29 is 15.0 Å². The normalized spacial score (nSPS) is 12.5. The average molecular weight is 310 g/mol. The molecule has 2 heterocycles. The Morgan fingerprint density at radius 1 is 1.48 bits per heavy atom. The molecule has 2 aromatic rings. The number of nitrogens with zero attached hydrogens (tertiary/aromatic N) is 3. The maximum absolute atomic E-state index is 12.0. The van der Waals surface area contributed by atoms with Crippen LogP contribution in [0.4, 0.5) is 0 Å². The zero-order valence-electron chi connectivity index (χ0n) is 11.5.